The van der Waals surface area contributed by atoms with E-state index >= 15 is 0 Å². The van der Waals surface area contributed by atoms with Crippen molar-refractivity contribution in [3.63, 3.8) is 0 Å². The molecular weight excluding hydrogens is 204 g/mol. The summed E-state index contributed by atoms with van der Waals surface area (Å²) in [5, 5.41) is 0. The summed E-state index contributed by atoms with van der Waals surface area (Å²) < 4.78 is 5.37. The van der Waals surface area contributed by atoms with Gasteiger partial charge in [-0.15, -0.1) is 0 Å². The van der Waals surface area contributed by atoms with Crippen LogP contribution in [-0.2, 0) is 4.74 Å². The first-order chi connectivity index (χ1) is 7.88. The first-order valence-electron chi connectivity index (χ1n) is 6.49. The Balaban J connectivity index is 1.88. The molecule has 2 rings (SSSR count). The lowest BCUT2D eigenvalue weighted by Gasteiger charge is -2.28. The summed E-state index contributed by atoms with van der Waals surface area (Å²) in [7, 11) is 0. The van der Waals surface area contributed by atoms with Crippen molar-refractivity contribution in [2.45, 2.75) is 32.1 Å². The molecule has 0 bridgehead atoms. The third-order valence-electron chi connectivity index (χ3n) is 3.37. The van der Waals surface area contributed by atoms with Gasteiger partial charge in [-0.3, -0.25) is 0 Å². The van der Waals surface area contributed by atoms with E-state index in [9.17, 15) is 4.79 Å². The Morgan fingerprint density at radius 1 is 0.750 bits per heavy atom. The molecule has 0 N–H and O–H groups in total. The highest BCUT2D eigenvalue weighted by Crippen LogP contribution is 2.12. The molecule has 16 heavy (non-hydrogen) atoms. The van der Waals surface area contributed by atoms with E-state index in [1.165, 1.54) is 12.8 Å². The van der Waals surface area contributed by atoms with E-state index in [1.807, 2.05) is 9.80 Å². The van der Waals surface area contributed by atoms with Gasteiger partial charge in [0.1, 0.15) is 0 Å². The van der Waals surface area contributed by atoms with Crippen molar-refractivity contribution in [2.24, 2.45) is 0 Å². The van der Waals surface area contributed by atoms with E-state index in [2.05, 4.69) is 0 Å². The standard InChI is InChI=1S/C12H22N2O2/c15-12(13-6-3-1-2-4-7-13)14-8-5-10-16-11-9-14/h1-11H2. The zero-order valence-corrected chi connectivity index (χ0v) is 9.99. The molecule has 2 heterocycles. The molecule has 0 atom stereocenters. The van der Waals surface area contributed by atoms with Gasteiger partial charge in [-0.05, 0) is 19.3 Å². The van der Waals surface area contributed by atoms with Crippen molar-refractivity contribution in [1.82, 2.24) is 9.80 Å². The lowest BCUT2D eigenvalue weighted by Crippen LogP contribution is -2.44. The Morgan fingerprint density at radius 2 is 1.38 bits per heavy atom. The minimum atomic E-state index is 0.229. The summed E-state index contributed by atoms with van der Waals surface area (Å²) in [5.41, 5.74) is 0. The highest BCUT2D eigenvalue weighted by atomic mass is 16.5. The molecule has 0 aromatic rings. The number of amides is 2. The molecule has 0 aromatic heterocycles. The molecule has 92 valence electrons. The van der Waals surface area contributed by atoms with Crippen molar-refractivity contribution in [3.8, 4) is 0 Å². The fourth-order valence-corrected chi connectivity index (χ4v) is 2.40. The van der Waals surface area contributed by atoms with Crippen LogP contribution < -0.4 is 0 Å². The number of ether oxygens (including phenoxy) is 1. The Bertz CT molecular complexity index is 195. The van der Waals surface area contributed by atoms with E-state index in [0.717, 1.165) is 52.0 Å². The molecule has 0 aromatic carbocycles. The first kappa shape index (κ1) is 11.7. The highest BCUT2D eigenvalue weighted by Gasteiger charge is 2.22. The number of hydrogen-bond donors (Lipinski definition) is 0. The molecule has 0 aliphatic carbocycles. The molecule has 0 saturated carbocycles. The Kier molecular flexibility index (Phi) is 4.45. The maximum absolute atomic E-state index is 12.3. The van der Waals surface area contributed by atoms with Crippen LogP contribution in [0.25, 0.3) is 0 Å². The van der Waals surface area contributed by atoms with Gasteiger partial charge in [0.05, 0.1) is 6.61 Å². The van der Waals surface area contributed by atoms with Crippen LogP contribution in [0, 0.1) is 0 Å². The number of likely N-dealkylation sites (tertiary alicyclic amines) is 1. The van der Waals surface area contributed by atoms with Gasteiger partial charge >= 0.3 is 6.03 Å². The normalized spacial score (nSPS) is 23.8. The van der Waals surface area contributed by atoms with E-state index in [4.69, 9.17) is 4.74 Å². The second-order valence-corrected chi connectivity index (χ2v) is 4.64. The van der Waals surface area contributed by atoms with E-state index < -0.39 is 0 Å². The molecule has 2 fully saturated rings. The summed E-state index contributed by atoms with van der Waals surface area (Å²) in [6.45, 7) is 4.99. The third-order valence-corrected chi connectivity index (χ3v) is 3.37. The van der Waals surface area contributed by atoms with Gasteiger partial charge in [-0.2, -0.15) is 0 Å². The largest absolute Gasteiger partial charge is 0.380 e. The molecule has 2 aliphatic rings. The van der Waals surface area contributed by atoms with Gasteiger partial charge < -0.3 is 14.5 Å². The Morgan fingerprint density at radius 3 is 2.12 bits per heavy atom. The quantitative estimate of drug-likeness (QED) is 0.630. The molecule has 2 aliphatic heterocycles. The molecule has 4 nitrogen and oxygen atoms in total. The lowest BCUT2D eigenvalue weighted by atomic mass is 10.2. The van der Waals surface area contributed by atoms with Gasteiger partial charge in [-0.25, -0.2) is 4.79 Å². The minimum absolute atomic E-state index is 0.229. The topological polar surface area (TPSA) is 32.8 Å². The molecule has 2 amide bonds. The SMILES string of the molecule is O=C(N1CCCCCC1)N1CCCOCC1. The maximum atomic E-state index is 12.3. The van der Waals surface area contributed by atoms with Crippen molar-refractivity contribution in [1.29, 1.82) is 0 Å². The molecule has 0 radical (unpaired) electrons. The van der Waals surface area contributed by atoms with Crippen LogP contribution in [0.5, 0.6) is 0 Å². The van der Waals surface area contributed by atoms with Crippen molar-refractivity contribution in [2.75, 3.05) is 39.4 Å². The lowest BCUT2D eigenvalue weighted by molar-refractivity contribution is 0.132. The predicted molar refractivity (Wildman–Crippen MR) is 62.4 cm³/mol. The molecule has 4 heteroatoms. The molecule has 2 saturated heterocycles. The van der Waals surface area contributed by atoms with Crippen LogP contribution in [0.15, 0.2) is 0 Å². The molecule has 0 unspecified atom stereocenters. The summed E-state index contributed by atoms with van der Waals surface area (Å²) in [6.07, 6.45) is 5.84. The van der Waals surface area contributed by atoms with Crippen LogP contribution in [0.4, 0.5) is 4.79 Å². The second-order valence-electron chi connectivity index (χ2n) is 4.64. The highest BCUT2D eigenvalue weighted by molar-refractivity contribution is 5.74. The van der Waals surface area contributed by atoms with Crippen LogP contribution in [0.1, 0.15) is 32.1 Å². The Labute approximate surface area is 97.5 Å². The fraction of sp³-hybridized carbons (Fsp3) is 0.917. The van der Waals surface area contributed by atoms with E-state index in [1.54, 1.807) is 0 Å². The number of hydrogen-bond acceptors (Lipinski definition) is 2. The summed E-state index contributed by atoms with van der Waals surface area (Å²) in [6, 6.07) is 0.229. The van der Waals surface area contributed by atoms with E-state index in [-0.39, 0.29) is 6.03 Å². The number of nitrogens with zero attached hydrogens (tertiary/aromatic N) is 2. The smallest absolute Gasteiger partial charge is 0.320 e. The van der Waals surface area contributed by atoms with Gasteiger partial charge in [0.2, 0.25) is 0 Å². The third kappa shape index (κ3) is 3.11. The number of urea groups is 1. The molecule has 0 spiro atoms. The summed E-state index contributed by atoms with van der Waals surface area (Å²) >= 11 is 0. The summed E-state index contributed by atoms with van der Waals surface area (Å²) in [4.78, 5) is 16.2. The van der Waals surface area contributed by atoms with Gasteiger partial charge in [0, 0.05) is 32.8 Å². The average molecular weight is 226 g/mol. The van der Waals surface area contributed by atoms with Crippen molar-refractivity contribution >= 4 is 6.03 Å². The zero-order valence-electron chi connectivity index (χ0n) is 9.99. The average Bonchev–Trinajstić information content (AvgIpc) is 2.73. The van der Waals surface area contributed by atoms with Crippen LogP contribution >= 0.6 is 0 Å². The van der Waals surface area contributed by atoms with Crippen LogP contribution in [-0.4, -0.2) is 55.2 Å². The fourth-order valence-electron chi connectivity index (χ4n) is 2.40. The van der Waals surface area contributed by atoms with Crippen molar-refractivity contribution in [3.05, 3.63) is 0 Å². The zero-order chi connectivity index (χ0) is 11.2. The van der Waals surface area contributed by atoms with Gasteiger partial charge in [-0.1, -0.05) is 12.8 Å². The Hall–Kier alpha value is -0.770. The molecular formula is C12H22N2O2. The van der Waals surface area contributed by atoms with Gasteiger partial charge in [0.25, 0.3) is 0 Å². The van der Waals surface area contributed by atoms with E-state index in [0.29, 0.717) is 6.61 Å². The van der Waals surface area contributed by atoms with Crippen LogP contribution in [0.2, 0.25) is 0 Å². The predicted octanol–water partition coefficient (Wildman–Crippen LogP) is 1.70. The number of rotatable bonds is 0. The number of carbonyl (C=O) groups is 1. The monoisotopic (exact) mass is 226 g/mol. The first-order valence-corrected chi connectivity index (χ1v) is 6.49. The summed E-state index contributed by atoms with van der Waals surface area (Å²) in [5.74, 6) is 0. The maximum Gasteiger partial charge on any atom is 0.320 e. The second kappa shape index (κ2) is 6.09. The van der Waals surface area contributed by atoms with Crippen molar-refractivity contribution < 1.29 is 9.53 Å². The minimum Gasteiger partial charge on any atom is -0.380 e. The van der Waals surface area contributed by atoms with Gasteiger partial charge in [0.15, 0.2) is 0 Å². The van der Waals surface area contributed by atoms with Crippen LogP contribution in [0.3, 0.4) is 0 Å². The number of carbonyl (C=O) groups excluding carboxylic acids is 1.